The Morgan fingerprint density at radius 2 is 2.28 bits per heavy atom. The summed E-state index contributed by atoms with van der Waals surface area (Å²) in [5.41, 5.74) is 8.30. The minimum absolute atomic E-state index is 0.212. The molecule has 0 aliphatic rings. The quantitative estimate of drug-likeness (QED) is 0.555. The zero-order valence-corrected chi connectivity index (χ0v) is 9.37. The Morgan fingerprint density at radius 1 is 1.44 bits per heavy atom. The van der Waals surface area contributed by atoms with Crippen LogP contribution in [0.15, 0.2) is 46.0 Å². The van der Waals surface area contributed by atoms with Crippen molar-refractivity contribution in [3.8, 4) is 0 Å². The van der Waals surface area contributed by atoms with Gasteiger partial charge in [0.1, 0.15) is 0 Å². The standard InChI is InChI=1S/C11H11N5O2/c12-15-16-14-10(11(17)18)6-7-2-1-3-9-8(7)4-5-13-9/h1-5,10,12-13H,6H2,(H,17,18). The zero-order chi connectivity index (χ0) is 13.0. The number of hydrogen-bond donors (Lipinski definition) is 3. The number of nitrogens with one attached hydrogen (secondary N) is 2. The van der Waals surface area contributed by atoms with Gasteiger partial charge in [-0.1, -0.05) is 12.1 Å². The molecule has 1 unspecified atom stereocenters. The molecule has 92 valence electrons. The van der Waals surface area contributed by atoms with Crippen LogP contribution in [0.3, 0.4) is 0 Å². The SMILES string of the molecule is N=NN=NC(Cc1cccc2[nH]ccc12)C(=O)O. The van der Waals surface area contributed by atoms with Gasteiger partial charge >= 0.3 is 5.97 Å². The summed E-state index contributed by atoms with van der Waals surface area (Å²) in [5.74, 6) is -1.09. The van der Waals surface area contributed by atoms with E-state index in [2.05, 4.69) is 20.5 Å². The molecule has 0 aliphatic heterocycles. The van der Waals surface area contributed by atoms with Gasteiger partial charge in [-0.25, -0.2) is 4.79 Å². The van der Waals surface area contributed by atoms with Gasteiger partial charge in [-0.3, -0.25) is 0 Å². The topological polar surface area (TPSA) is 114 Å². The van der Waals surface area contributed by atoms with Crippen molar-refractivity contribution in [3.63, 3.8) is 0 Å². The Bertz CT molecular complexity index is 604. The fourth-order valence-electron chi connectivity index (χ4n) is 1.80. The maximum absolute atomic E-state index is 11.0. The highest BCUT2D eigenvalue weighted by Crippen LogP contribution is 2.19. The molecular weight excluding hydrogens is 234 g/mol. The first kappa shape index (κ1) is 11.9. The first-order valence-corrected chi connectivity index (χ1v) is 5.26. The van der Waals surface area contributed by atoms with Crippen LogP contribution >= 0.6 is 0 Å². The van der Waals surface area contributed by atoms with Crippen molar-refractivity contribution in [1.82, 2.24) is 4.98 Å². The van der Waals surface area contributed by atoms with Gasteiger partial charge in [0.2, 0.25) is 0 Å². The van der Waals surface area contributed by atoms with Crippen LogP contribution in [0.2, 0.25) is 0 Å². The number of aromatic nitrogens is 1. The number of rotatable bonds is 5. The summed E-state index contributed by atoms with van der Waals surface area (Å²) < 4.78 is 0. The molecule has 7 nitrogen and oxygen atoms in total. The molecule has 1 aromatic carbocycles. The molecule has 7 heteroatoms. The largest absolute Gasteiger partial charge is 0.480 e. The van der Waals surface area contributed by atoms with Crippen LogP contribution < -0.4 is 0 Å². The van der Waals surface area contributed by atoms with E-state index in [0.717, 1.165) is 16.5 Å². The monoisotopic (exact) mass is 245 g/mol. The van der Waals surface area contributed by atoms with Gasteiger partial charge in [0.25, 0.3) is 0 Å². The predicted octanol–water partition coefficient (Wildman–Crippen LogP) is 2.56. The van der Waals surface area contributed by atoms with Crippen LogP contribution in [0.1, 0.15) is 5.56 Å². The van der Waals surface area contributed by atoms with Crippen molar-refractivity contribution in [2.24, 2.45) is 15.6 Å². The number of nitrogens with zero attached hydrogens (tertiary/aromatic N) is 3. The van der Waals surface area contributed by atoms with E-state index in [1.54, 1.807) is 6.20 Å². The van der Waals surface area contributed by atoms with E-state index >= 15 is 0 Å². The van der Waals surface area contributed by atoms with Crippen LogP contribution in [0, 0.1) is 5.53 Å². The van der Waals surface area contributed by atoms with Crippen LogP contribution in [0.5, 0.6) is 0 Å². The summed E-state index contributed by atoms with van der Waals surface area (Å²) in [5, 5.41) is 19.2. The van der Waals surface area contributed by atoms with Crippen molar-refractivity contribution in [2.45, 2.75) is 12.5 Å². The van der Waals surface area contributed by atoms with Crippen molar-refractivity contribution in [3.05, 3.63) is 36.0 Å². The lowest BCUT2D eigenvalue weighted by molar-refractivity contribution is -0.138. The van der Waals surface area contributed by atoms with Crippen molar-refractivity contribution in [2.75, 3.05) is 0 Å². The highest BCUT2D eigenvalue weighted by atomic mass is 16.4. The van der Waals surface area contributed by atoms with E-state index in [9.17, 15) is 4.79 Å². The van der Waals surface area contributed by atoms with Gasteiger partial charge in [0.05, 0.1) is 0 Å². The molecule has 0 saturated carbocycles. The maximum Gasteiger partial charge on any atom is 0.330 e. The third kappa shape index (κ3) is 2.40. The second-order valence-corrected chi connectivity index (χ2v) is 3.72. The third-order valence-electron chi connectivity index (χ3n) is 2.62. The molecule has 1 aromatic heterocycles. The minimum Gasteiger partial charge on any atom is -0.480 e. The minimum atomic E-state index is -1.09. The molecular formula is C11H11N5O2. The molecule has 0 spiro atoms. The average molecular weight is 245 g/mol. The molecule has 1 atom stereocenters. The van der Waals surface area contributed by atoms with E-state index in [0.29, 0.717) is 0 Å². The molecule has 0 amide bonds. The van der Waals surface area contributed by atoms with Crippen LogP contribution in [-0.4, -0.2) is 22.1 Å². The number of carboxylic acid groups (broad SMARTS) is 1. The van der Waals surface area contributed by atoms with E-state index in [1.165, 1.54) is 0 Å². The predicted molar refractivity (Wildman–Crippen MR) is 63.4 cm³/mol. The number of carboxylic acids is 1. The maximum atomic E-state index is 11.0. The Hall–Kier alpha value is -2.57. The first-order chi connectivity index (χ1) is 8.72. The molecule has 0 radical (unpaired) electrons. The van der Waals surface area contributed by atoms with Gasteiger partial charge < -0.3 is 10.1 Å². The first-order valence-electron chi connectivity index (χ1n) is 5.26. The summed E-state index contributed by atoms with van der Waals surface area (Å²) in [6.45, 7) is 0. The zero-order valence-electron chi connectivity index (χ0n) is 9.37. The van der Waals surface area contributed by atoms with Crippen LogP contribution in [-0.2, 0) is 11.2 Å². The third-order valence-corrected chi connectivity index (χ3v) is 2.62. The number of aliphatic carboxylic acids is 1. The summed E-state index contributed by atoms with van der Waals surface area (Å²) >= 11 is 0. The molecule has 2 aromatic rings. The Kier molecular flexibility index (Phi) is 3.42. The number of carbonyl (C=O) groups is 1. The smallest absolute Gasteiger partial charge is 0.330 e. The summed E-state index contributed by atoms with van der Waals surface area (Å²) in [6.07, 6.45) is 2.01. The van der Waals surface area contributed by atoms with Crippen molar-refractivity contribution < 1.29 is 9.90 Å². The van der Waals surface area contributed by atoms with Crippen molar-refractivity contribution in [1.29, 1.82) is 5.53 Å². The van der Waals surface area contributed by atoms with E-state index in [-0.39, 0.29) is 6.42 Å². The van der Waals surface area contributed by atoms with Crippen LogP contribution in [0.4, 0.5) is 0 Å². The van der Waals surface area contributed by atoms with Gasteiger partial charge in [0, 0.05) is 23.5 Å². The highest BCUT2D eigenvalue weighted by Gasteiger charge is 2.18. The van der Waals surface area contributed by atoms with Gasteiger partial charge in [-0.15, -0.1) is 0 Å². The normalized spacial score (nSPS) is 12.9. The van der Waals surface area contributed by atoms with Crippen LogP contribution in [0.25, 0.3) is 10.9 Å². The molecule has 1 heterocycles. The summed E-state index contributed by atoms with van der Waals surface area (Å²) in [4.78, 5) is 14.1. The molecule has 3 N–H and O–H groups in total. The number of benzene rings is 1. The Labute approximate surface area is 102 Å². The van der Waals surface area contributed by atoms with E-state index in [1.807, 2.05) is 24.3 Å². The fourth-order valence-corrected chi connectivity index (χ4v) is 1.80. The van der Waals surface area contributed by atoms with Gasteiger partial charge in [-0.05, 0) is 28.1 Å². The molecule has 0 fully saturated rings. The van der Waals surface area contributed by atoms with Gasteiger partial charge in [0.15, 0.2) is 6.04 Å². The number of hydrogen-bond acceptors (Lipinski definition) is 3. The number of H-pyrrole nitrogens is 1. The second-order valence-electron chi connectivity index (χ2n) is 3.72. The lowest BCUT2D eigenvalue weighted by atomic mass is 10.0. The molecule has 0 aliphatic carbocycles. The van der Waals surface area contributed by atoms with Gasteiger partial charge in [-0.2, -0.15) is 10.6 Å². The summed E-state index contributed by atoms with van der Waals surface area (Å²) in [6, 6.07) is 6.46. The number of aromatic amines is 1. The molecule has 2 rings (SSSR count). The fraction of sp³-hybridized carbons (Fsp3) is 0.182. The Morgan fingerprint density at radius 3 is 3.00 bits per heavy atom. The van der Waals surface area contributed by atoms with E-state index < -0.39 is 12.0 Å². The van der Waals surface area contributed by atoms with Crippen molar-refractivity contribution >= 4 is 16.9 Å². The highest BCUT2D eigenvalue weighted by molar-refractivity contribution is 5.84. The average Bonchev–Trinajstić information content (AvgIpc) is 2.83. The number of fused-ring (bicyclic) bond motifs is 1. The molecule has 0 saturated heterocycles. The lowest BCUT2D eigenvalue weighted by Gasteiger charge is -2.06. The molecule has 0 bridgehead atoms. The Balaban J connectivity index is 2.31. The van der Waals surface area contributed by atoms with E-state index in [4.69, 9.17) is 10.6 Å². The molecule has 18 heavy (non-hydrogen) atoms. The second kappa shape index (κ2) is 5.17. The summed E-state index contributed by atoms with van der Waals surface area (Å²) in [7, 11) is 0. The lowest BCUT2D eigenvalue weighted by Crippen LogP contribution is -2.20.